The average Bonchev–Trinajstić information content (AvgIpc) is 3.39. The highest BCUT2D eigenvalue weighted by Gasteiger charge is 2.37. The summed E-state index contributed by atoms with van der Waals surface area (Å²) in [5.74, 6) is 2.32. The van der Waals surface area contributed by atoms with Gasteiger partial charge in [0.05, 0.1) is 19.3 Å². The topological polar surface area (TPSA) is 87.5 Å². The van der Waals surface area contributed by atoms with E-state index < -0.39 is 6.04 Å². The van der Waals surface area contributed by atoms with E-state index in [1.54, 1.807) is 23.6 Å². The van der Waals surface area contributed by atoms with E-state index in [9.17, 15) is 4.79 Å². The molecule has 3 aromatic rings. The Balaban J connectivity index is 1.48. The third-order valence-electron chi connectivity index (χ3n) is 7.35. The van der Waals surface area contributed by atoms with Crippen molar-refractivity contribution in [3.63, 3.8) is 0 Å². The molecular weight excluding hydrogens is 524 g/mol. The lowest BCUT2D eigenvalue weighted by molar-refractivity contribution is -0.146. The Morgan fingerprint density at radius 2 is 1.90 bits per heavy atom. The number of allylic oxidation sites excluding steroid dienone is 1. The number of methoxy groups -OCH3 is 1. The van der Waals surface area contributed by atoms with E-state index in [4.69, 9.17) is 24.3 Å². The van der Waals surface area contributed by atoms with Crippen LogP contribution >= 0.6 is 11.8 Å². The van der Waals surface area contributed by atoms with E-state index in [1.165, 1.54) is 12.0 Å². The molecule has 2 heterocycles. The lowest BCUT2D eigenvalue weighted by Gasteiger charge is -2.30. The van der Waals surface area contributed by atoms with Crippen molar-refractivity contribution in [3.8, 4) is 11.5 Å². The number of esters is 1. The fourth-order valence-corrected chi connectivity index (χ4v) is 5.97. The Kier molecular flexibility index (Phi) is 9.31. The van der Waals surface area contributed by atoms with Crippen LogP contribution in [0.5, 0.6) is 11.5 Å². The van der Waals surface area contributed by atoms with Crippen molar-refractivity contribution in [2.24, 2.45) is 0 Å². The third kappa shape index (κ3) is 6.46. The van der Waals surface area contributed by atoms with Gasteiger partial charge in [-0.15, -0.1) is 5.10 Å². The summed E-state index contributed by atoms with van der Waals surface area (Å²) in [6.45, 7) is 4.65. The van der Waals surface area contributed by atoms with Gasteiger partial charge in [-0.1, -0.05) is 67.9 Å². The van der Waals surface area contributed by atoms with Gasteiger partial charge in [-0.3, -0.25) is 0 Å². The van der Waals surface area contributed by atoms with E-state index in [-0.39, 0.29) is 12.1 Å². The van der Waals surface area contributed by atoms with Gasteiger partial charge < -0.3 is 19.5 Å². The number of nitrogens with zero attached hydrogens (tertiary/aromatic N) is 3. The second kappa shape index (κ2) is 13.3. The number of fused-ring (bicyclic) bond motifs is 1. The number of benzene rings is 2. The van der Waals surface area contributed by atoms with E-state index >= 15 is 0 Å². The summed E-state index contributed by atoms with van der Waals surface area (Å²) < 4.78 is 19.5. The van der Waals surface area contributed by atoms with Crippen molar-refractivity contribution in [1.82, 2.24) is 14.8 Å². The molecule has 1 saturated carbocycles. The normalized spacial score (nSPS) is 17.2. The molecule has 0 radical (unpaired) electrons. The summed E-state index contributed by atoms with van der Waals surface area (Å²) in [5.41, 5.74) is 3.29. The molecule has 5 rings (SSSR count). The molecule has 1 aliphatic heterocycles. The first-order valence-electron chi connectivity index (χ1n) is 14.2. The van der Waals surface area contributed by atoms with Crippen molar-refractivity contribution < 1.29 is 19.0 Å². The van der Waals surface area contributed by atoms with Gasteiger partial charge in [0.1, 0.15) is 12.1 Å². The van der Waals surface area contributed by atoms with Crippen molar-refractivity contribution in [1.29, 1.82) is 0 Å². The van der Waals surface area contributed by atoms with Crippen LogP contribution in [0.15, 0.2) is 65.0 Å². The van der Waals surface area contributed by atoms with Gasteiger partial charge in [-0.2, -0.15) is 4.98 Å². The molecule has 9 heteroatoms. The molecule has 0 saturated heterocycles. The SMILES string of the molecule is CCCCOc1ccc(C2C(C(=O)OC3CCCCC3)=C(C)Nc3nc(SCc4ccccc4)nn32)cc1OC. The first kappa shape index (κ1) is 28.1. The van der Waals surface area contributed by atoms with Gasteiger partial charge in [-0.25, -0.2) is 9.48 Å². The number of aromatic nitrogens is 3. The summed E-state index contributed by atoms with van der Waals surface area (Å²) in [6, 6.07) is 15.5. The van der Waals surface area contributed by atoms with E-state index in [1.807, 2.05) is 43.3 Å². The quantitative estimate of drug-likeness (QED) is 0.153. The number of unbranched alkanes of at least 4 members (excludes halogenated alkanes) is 1. The van der Waals surface area contributed by atoms with Crippen LogP contribution in [0.4, 0.5) is 5.95 Å². The highest BCUT2D eigenvalue weighted by atomic mass is 32.2. The molecule has 1 aliphatic carbocycles. The summed E-state index contributed by atoms with van der Waals surface area (Å²) >= 11 is 1.56. The van der Waals surface area contributed by atoms with Gasteiger partial charge in [0, 0.05) is 11.4 Å². The Labute approximate surface area is 240 Å². The van der Waals surface area contributed by atoms with Crippen LogP contribution in [0.1, 0.15) is 76.0 Å². The minimum absolute atomic E-state index is 0.0554. The van der Waals surface area contributed by atoms with Crippen molar-refractivity contribution in [3.05, 3.63) is 70.9 Å². The van der Waals surface area contributed by atoms with Crippen molar-refractivity contribution in [2.45, 2.75) is 81.8 Å². The lowest BCUT2D eigenvalue weighted by Crippen LogP contribution is -2.32. The second-order valence-corrected chi connectivity index (χ2v) is 11.2. The summed E-state index contributed by atoms with van der Waals surface area (Å²) in [5, 5.41) is 8.82. The minimum atomic E-state index is -0.524. The fourth-order valence-electron chi connectivity index (χ4n) is 5.19. The molecule has 2 aliphatic rings. The van der Waals surface area contributed by atoms with Gasteiger partial charge in [0.25, 0.3) is 0 Å². The molecule has 8 nitrogen and oxygen atoms in total. The highest BCUT2D eigenvalue weighted by Crippen LogP contribution is 2.40. The van der Waals surface area contributed by atoms with Crippen LogP contribution < -0.4 is 14.8 Å². The summed E-state index contributed by atoms with van der Waals surface area (Å²) in [7, 11) is 1.63. The van der Waals surface area contributed by atoms with E-state index in [0.717, 1.165) is 49.8 Å². The smallest absolute Gasteiger partial charge is 0.338 e. The Hall–Kier alpha value is -3.46. The predicted octanol–water partition coefficient (Wildman–Crippen LogP) is 6.92. The fraction of sp³-hybridized carbons (Fsp3) is 0.452. The van der Waals surface area contributed by atoms with Crippen LogP contribution in [0, 0.1) is 0 Å². The third-order valence-corrected chi connectivity index (χ3v) is 8.26. The minimum Gasteiger partial charge on any atom is -0.493 e. The number of rotatable bonds is 11. The molecule has 1 unspecified atom stereocenters. The molecule has 40 heavy (non-hydrogen) atoms. The highest BCUT2D eigenvalue weighted by molar-refractivity contribution is 7.98. The number of ether oxygens (including phenoxy) is 3. The van der Waals surface area contributed by atoms with Crippen LogP contribution in [0.2, 0.25) is 0 Å². The number of nitrogens with one attached hydrogen (secondary N) is 1. The maximum Gasteiger partial charge on any atom is 0.338 e. The Bertz CT molecular complexity index is 1330. The molecule has 1 aromatic heterocycles. The average molecular weight is 563 g/mol. The predicted molar refractivity (Wildman–Crippen MR) is 157 cm³/mol. The zero-order chi connectivity index (χ0) is 27.9. The molecule has 2 aromatic carbocycles. The van der Waals surface area contributed by atoms with Crippen LogP contribution in [0.3, 0.4) is 0 Å². The number of hydrogen-bond donors (Lipinski definition) is 1. The van der Waals surface area contributed by atoms with Crippen LogP contribution in [0.25, 0.3) is 0 Å². The summed E-state index contributed by atoms with van der Waals surface area (Å²) in [4.78, 5) is 18.5. The zero-order valence-electron chi connectivity index (χ0n) is 23.5. The van der Waals surface area contributed by atoms with Crippen molar-refractivity contribution in [2.75, 3.05) is 19.0 Å². The molecule has 0 bridgehead atoms. The molecule has 1 fully saturated rings. The number of anilines is 1. The molecule has 0 spiro atoms. The molecule has 1 N–H and O–H groups in total. The first-order valence-corrected chi connectivity index (χ1v) is 15.2. The molecule has 1 atom stereocenters. The summed E-state index contributed by atoms with van der Waals surface area (Å²) in [6.07, 6.45) is 7.13. The molecular formula is C31H38N4O4S. The zero-order valence-corrected chi connectivity index (χ0v) is 24.3. The molecule has 212 valence electrons. The Morgan fingerprint density at radius 3 is 2.65 bits per heavy atom. The first-order chi connectivity index (χ1) is 19.6. The van der Waals surface area contributed by atoms with Crippen LogP contribution in [-0.2, 0) is 15.3 Å². The van der Waals surface area contributed by atoms with Gasteiger partial charge in [0.15, 0.2) is 11.5 Å². The Morgan fingerprint density at radius 1 is 1.10 bits per heavy atom. The number of hydrogen-bond acceptors (Lipinski definition) is 8. The monoisotopic (exact) mass is 562 g/mol. The van der Waals surface area contributed by atoms with Gasteiger partial charge in [0.2, 0.25) is 11.1 Å². The maximum absolute atomic E-state index is 13.7. The standard InChI is InChI=1S/C31H38N4O4S/c1-4-5-18-38-25-17-16-23(19-26(25)37-3)28-27(29(36)39-24-14-10-7-11-15-24)21(2)32-30-33-31(34-35(28)30)40-20-22-12-8-6-9-13-22/h6,8-9,12-13,16-17,19,24,28H,4-5,7,10-11,14-15,18,20H2,1-3H3,(H,32,33,34). The molecule has 0 amide bonds. The number of carbonyl (C=O) groups excluding carboxylic acids is 1. The number of thioether (sulfide) groups is 1. The second-order valence-electron chi connectivity index (χ2n) is 10.3. The lowest BCUT2D eigenvalue weighted by atomic mass is 9.94. The van der Waals surface area contributed by atoms with Crippen LogP contribution in [-0.4, -0.2) is 40.6 Å². The van der Waals surface area contributed by atoms with E-state index in [0.29, 0.717) is 40.5 Å². The maximum atomic E-state index is 13.7. The van der Waals surface area contributed by atoms with E-state index in [2.05, 4.69) is 24.4 Å². The van der Waals surface area contributed by atoms with Gasteiger partial charge >= 0.3 is 5.97 Å². The van der Waals surface area contributed by atoms with Crippen molar-refractivity contribution >= 4 is 23.7 Å². The van der Waals surface area contributed by atoms with Gasteiger partial charge in [-0.05, 0) is 62.3 Å². The number of carbonyl (C=O) groups is 1. The largest absolute Gasteiger partial charge is 0.493 e.